The van der Waals surface area contributed by atoms with Gasteiger partial charge >= 0.3 is 0 Å². The molecule has 2 N–H and O–H groups in total. The minimum Gasteiger partial charge on any atom is -0.289 e. The van der Waals surface area contributed by atoms with E-state index < -0.39 is 11.3 Å². The normalized spacial score (nSPS) is 12.1. The molecule has 0 aromatic heterocycles. The Bertz CT molecular complexity index is 499. The summed E-state index contributed by atoms with van der Waals surface area (Å²) in [6, 6.07) is 17.1. The second kappa shape index (κ2) is 4.92. The topological polar surface area (TPSA) is 49.3 Å². The van der Waals surface area contributed by atoms with Crippen LogP contribution in [0.25, 0.3) is 11.1 Å². The van der Waals surface area contributed by atoms with Crippen LogP contribution in [0.1, 0.15) is 0 Å². The Morgan fingerprint density at radius 2 is 1.56 bits per heavy atom. The molecule has 0 heterocycles. The van der Waals surface area contributed by atoms with Gasteiger partial charge < -0.3 is 0 Å². The zero-order valence-corrected chi connectivity index (χ0v) is 9.28. The smallest absolute Gasteiger partial charge is 0.259 e. The van der Waals surface area contributed by atoms with Crippen LogP contribution >= 0.6 is 0 Å². The minimum atomic E-state index is -2.05. The van der Waals surface area contributed by atoms with Crippen molar-refractivity contribution in [1.29, 1.82) is 0 Å². The molecule has 82 valence electrons. The van der Waals surface area contributed by atoms with Crippen molar-refractivity contribution in [3.63, 3.8) is 0 Å². The van der Waals surface area contributed by atoms with E-state index in [1.54, 1.807) is 6.07 Å². The predicted molar refractivity (Wildman–Crippen MR) is 66.3 cm³/mol. The van der Waals surface area contributed by atoms with Crippen molar-refractivity contribution in [2.24, 2.45) is 0 Å². The third kappa shape index (κ3) is 2.48. The van der Waals surface area contributed by atoms with Crippen molar-refractivity contribution in [3.05, 3.63) is 54.6 Å². The third-order valence-corrected chi connectivity index (χ3v) is 2.60. The van der Waals surface area contributed by atoms with Gasteiger partial charge in [0.05, 0.1) is 5.69 Å². The summed E-state index contributed by atoms with van der Waals surface area (Å²) in [6.07, 6.45) is 0. The first kappa shape index (κ1) is 10.9. The highest BCUT2D eigenvalue weighted by atomic mass is 32.2. The van der Waals surface area contributed by atoms with Gasteiger partial charge in [-0.25, -0.2) is 4.21 Å². The van der Waals surface area contributed by atoms with Gasteiger partial charge in [-0.2, -0.15) is 0 Å². The third-order valence-electron chi connectivity index (χ3n) is 2.21. The molecule has 0 radical (unpaired) electrons. The van der Waals surface area contributed by atoms with Crippen molar-refractivity contribution in [3.8, 4) is 11.1 Å². The van der Waals surface area contributed by atoms with Crippen LogP contribution in [0.3, 0.4) is 0 Å². The fourth-order valence-electron chi connectivity index (χ4n) is 1.54. The molecule has 0 spiro atoms. The molecule has 0 aliphatic heterocycles. The van der Waals surface area contributed by atoms with E-state index in [0.29, 0.717) is 5.69 Å². The van der Waals surface area contributed by atoms with Gasteiger partial charge in [0.15, 0.2) is 0 Å². The highest BCUT2D eigenvalue weighted by molar-refractivity contribution is 7.80. The molecular weight excluding hydrogens is 222 g/mol. The van der Waals surface area contributed by atoms with E-state index in [9.17, 15) is 4.21 Å². The maximum absolute atomic E-state index is 10.8. The van der Waals surface area contributed by atoms with E-state index in [1.165, 1.54) is 0 Å². The van der Waals surface area contributed by atoms with Crippen molar-refractivity contribution < 1.29 is 8.76 Å². The number of hydrogen-bond acceptors (Lipinski definition) is 1. The van der Waals surface area contributed by atoms with Crippen molar-refractivity contribution in [2.75, 3.05) is 4.72 Å². The highest BCUT2D eigenvalue weighted by Crippen LogP contribution is 2.27. The molecule has 0 amide bonds. The summed E-state index contributed by atoms with van der Waals surface area (Å²) in [5, 5.41) is 0. The van der Waals surface area contributed by atoms with Crippen molar-refractivity contribution in [2.45, 2.75) is 0 Å². The van der Waals surface area contributed by atoms with Crippen molar-refractivity contribution in [1.82, 2.24) is 0 Å². The first-order valence-electron chi connectivity index (χ1n) is 4.79. The number of hydrogen-bond donors (Lipinski definition) is 2. The van der Waals surface area contributed by atoms with Crippen LogP contribution in [0.4, 0.5) is 5.69 Å². The molecule has 2 rings (SSSR count). The van der Waals surface area contributed by atoms with Gasteiger partial charge in [-0.1, -0.05) is 48.5 Å². The lowest BCUT2D eigenvalue weighted by Gasteiger charge is -2.08. The van der Waals surface area contributed by atoms with E-state index in [0.717, 1.165) is 11.1 Å². The second-order valence-electron chi connectivity index (χ2n) is 3.26. The number of para-hydroxylation sites is 1. The summed E-state index contributed by atoms with van der Waals surface area (Å²) in [4.78, 5) is 0. The summed E-state index contributed by atoms with van der Waals surface area (Å²) in [5.74, 6) is 0. The van der Waals surface area contributed by atoms with E-state index >= 15 is 0 Å². The summed E-state index contributed by atoms with van der Waals surface area (Å²) in [6.45, 7) is 0. The van der Waals surface area contributed by atoms with E-state index in [4.69, 9.17) is 4.55 Å². The summed E-state index contributed by atoms with van der Waals surface area (Å²) < 4.78 is 22.1. The molecule has 0 saturated carbocycles. The average molecular weight is 233 g/mol. The monoisotopic (exact) mass is 233 g/mol. The molecule has 0 aliphatic rings. The average Bonchev–Trinajstić information content (AvgIpc) is 2.30. The lowest BCUT2D eigenvalue weighted by molar-refractivity contribution is 0.570. The minimum absolute atomic E-state index is 0.648. The van der Waals surface area contributed by atoms with Crippen LogP contribution in [-0.4, -0.2) is 8.76 Å². The Hall–Kier alpha value is -1.65. The van der Waals surface area contributed by atoms with Gasteiger partial charge in [0, 0.05) is 5.56 Å². The summed E-state index contributed by atoms with van der Waals surface area (Å²) in [7, 11) is 0. The molecule has 1 atom stereocenters. The molecule has 0 fully saturated rings. The zero-order chi connectivity index (χ0) is 11.4. The van der Waals surface area contributed by atoms with Crippen LogP contribution in [0, 0.1) is 0 Å². The molecule has 3 nitrogen and oxygen atoms in total. The fourth-order valence-corrected chi connectivity index (χ4v) is 1.90. The Balaban J connectivity index is 2.44. The quantitative estimate of drug-likeness (QED) is 0.801. The van der Waals surface area contributed by atoms with Crippen LogP contribution in [-0.2, 0) is 11.3 Å². The molecule has 2 aromatic rings. The first-order valence-corrected chi connectivity index (χ1v) is 5.90. The lowest BCUT2D eigenvalue weighted by Crippen LogP contribution is -2.02. The predicted octanol–water partition coefficient (Wildman–Crippen LogP) is 2.90. The SMILES string of the molecule is O=S(O)Nc1ccccc1-c1ccccc1. The van der Waals surface area contributed by atoms with Gasteiger partial charge in [-0.15, -0.1) is 0 Å². The fraction of sp³-hybridized carbons (Fsp3) is 0. The van der Waals surface area contributed by atoms with Crippen LogP contribution in [0.2, 0.25) is 0 Å². The zero-order valence-electron chi connectivity index (χ0n) is 8.46. The van der Waals surface area contributed by atoms with Gasteiger partial charge in [0.2, 0.25) is 0 Å². The molecule has 0 aliphatic carbocycles. The molecule has 2 aromatic carbocycles. The van der Waals surface area contributed by atoms with Crippen LogP contribution in [0.15, 0.2) is 54.6 Å². The number of rotatable bonds is 3. The Morgan fingerprint density at radius 3 is 2.25 bits per heavy atom. The largest absolute Gasteiger partial charge is 0.289 e. The maximum Gasteiger partial charge on any atom is 0.259 e. The highest BCUT2D eigenvalue weighted by Gasteiger charge is 2.04. The van der Waals surface area contributed by atoms with Gasteiger partial charge in [0.25, 0.3) is 11.3 Å². The maximum atomic E-state index is 10.8. The molecule has 16 heavy (non-hydrogen) atoms. The van der Waals surface area contributed by atoms with Crippen LogP contribution in [0.5, 0.6) is 0 Å². The van der Waals surface area contributed by atoms with Gasteiger partial charge in [-0.3, -0.25) is 9.27 Å². The van der Waals surface area contributed by atoms with E-state index in [1.807, 2.05) is 48.5 Å². The molecule has 1 unspecified atom stereocenters. The first-order chi connectivity index (χ1) is 7.77. The number of benzene rings is 2. The Kier molecular flexibility index (Phi) is 3.34. The Labute approximate surface area is 96.6 Å². The second-order valence-corrected chi connectivity index (χ2v) is 3.97. The van der Waals surface area contributed by atoms with Gasteiger partial charge in [-0.05, 0) is 11.6 Å². The number of anilines is 1. The summed E-state index contributed by atoms with van der Waals surface area (Å²) >= 11 is -2.05. The molecular formula is C12H11NO2S. The summed E-state index contributed by atoms with van der Waals surface area (Å²) in [5.41, 5.74) is 2.57. The van der Waals surface area contributed by atoms with E-state index in [-0.39, 0.29) is 0 Å². The Morgan fingerprint density at radius 1 is 0.938 bits per heavy atom. The molecule has 0 bridgehead atoms. The lowest BCUT2D eigenvalue weighted by atomic mass is 10.0. The van der Waals surface area contributed by atoms with Crippen molar-refractivity contribution >= 4 is 17.0 Å². The van der Waals surface area contributed by atoms with E-state index in [2.05, 4.69) is 4.72 Å². The number of nitrogens with one attached hydrogen (secondary N) is 1. The van der Waals surface area contributed by atoms with Gasteiger partial charge in [0.1, 0.15) is 0 Å². The molecule has 0 saturated heterocycles. The standard InChI is InChI=1S/C12H11NO2S/c14-16(15)13-12-9-5-4-8-11(12)10-6-2-1-3-7-10/h1-9,13H,(H,14,15). The molecule has 4 heteroatoms. The van der Waals surface area contributed by atoms with Crippen LogP contribution < -0.4 is 4.72 Å².